The number of carbonyl (C=O) groups excluding carboxylic acids is 1. The number of aromatic nitrogens is 3. The molecule has 1 aliphatic heterocycles. The average molecular weight is 525 g/mol. The molecule has 1 aliphatic rings. The topological polar surface area (TPSA) is 83.0 Å². The highest BCUT2D eigenvalue weighted by molar-refractivity contribution is 5.79. The van der Waals surface area contributed by atoms with Crippen LogP contribution in [0.1, 0.15) is 50.8 Å². The van der Waals surface area contributed by atoms with Crippen LogP contribution in [-0.2, 0) is 4.79 Å². The van der Waals surface area contributed by atoms with Gasteiger partial charge in [-0.1, -0.05) is 44.2 Å². The van der Waals surface area contributed by atoms with E-state index < -0.39 is 0 Å². The van der Waals surface area contributed by atoms with Crippen LogP contribution in [0, 0.1) is 18.8 Å². The second-order valence-corrected chi connectivity index (χ2v) is 10.6. The molecule has 2 aromatic heterocycles. The first-order valence-electron chi connectivity index (χ1n) is 13.9. The van der Waals surface area contributed by atoms with Gasteiger partial charge in [-0.3, -0.25) is 9.78 Å². The molecule has 0 saturated carbocycles. The van der Waals surface area contributed by atoms with Gasteiger partial charge in [-0.25, -0.2) is 9.97 Å². The third-order valence-corrected chi connectivity index (χ3v) is 6.89. The molecule has 1 atom stereocenters. The Morgan fingerprint density at radius 1 is 1.00 bits per heavy atom. The molecule has 0 spiro atoms. The summed E-state index contributed by atoms with van der Waals surface area (Å²) in [5.74, 6) is 2.33. The molecule has 0 radical (unpaired) electrons. The summed E-state index contributed by atoms with van der Waals surface area (Å²) in [5.41, 5.74) is 4.02. The van der Waals surface area contributed by atoms with Crippen LogP contribution in [-0.4, -0.2) is 40.5 Å². The van der Waals surface area contributed by atoms with E-state index in [9.17, 15) is 4.79 Å². The summed E-state index contributed by atoms with van der Waals surface area (Å²) in [7, 11) is 0. The molecule has 1 fully saturated rings. The highest BCUT2D eigenvalue weighted by atomic mass is 16.1. The lowest BCUT2D eigenvalue weighted by Crippen LogP contribution is -2.41. The van der Waals surface area contributed by atoms with Gasteiger partial charge in [0.1, 0.15) is 11.6 Å². The Kier molecular flexibility index (Phi) is 9.84. The minimum Gasteiger partial charge on any atom is -0.364 e. The van der Waals surface area contributed by atoms with Crippen molar-refractivity contribution in [3.8, 4) is 11.3 Å². The maximum Gasteiger partial charge on any atom is 0.223 e. The molecule has 2 N–H and O–H groups in total. The fourth-order valence-electron chi connectivity index (χ4n) is 4.64. The van der Waals surface area contributed by atoms with Crippen molar-refractivity contribution in [2.24, 2.45) is 11.8 Å². The number of hydrogen-bond donors (Lipinski definition) is 2. The molecule has 1 saturated heterocycles. The van der Waals surface area contributed by atoms with Gasteiger partial charge in [-0.15, -0.1) is 0 Å². The van der Waals surface area contributed by atoms with Crippen molar-refractivity contribution in [2.75, 3.05) is 29.9 Å². The van der Waals surface area contributed by atoms with E-state index >= 15 is 0 Å². The molecule has 3 heterocycles. The lowest BCUT2D eigenvalue weighted by Gasteiger charge is -2.32. The maximum atomic E-state index is 12.6. The lowest BCUT2D eigenvalue weighted by atomic mass is 9.95. The number of piperidine rings is 1. The first kappa shape index (κ1) is 28.0. The minimum absolute atomic E-state index is 0.0475. The quantitative estimate of drug-likeness (QED) is 0.369. The molecule has 0 aliphatic carbocycles. The molecule has 204 valence electrons. The van der Waals surface area contributed by atoms with E-state index in [0.717, 1.165) is 60.9 Å². The number of hydrogen-bond acceptors (Lipinski definition) is 6. The number of amides is 1. The fraction of sp³-hybridized carbons (Fsp3) is 0.375. The number of benzene rings is 1. The Balaban J connectivity index is 1.59. The molecule has 39 heavy (non-hydrogen) atoms. The molecular weight excluding hydrogens is 484 g/mol. The van der Waals surface area contributed by atoms with E-state index in [4.69, 9.17) is 4.98 Å². The summed E-state index contributed by atoms with van der Waals surface area (Å²) in [4.78, 5) is 29.0. The summed E-state index contributed by atoms with van der Waals surface area (Å²) >= 11 is 0. The van der Waals surface area contributed by atoms with Gasteiger partial charge < -0.3 is 15.5 Å². The molecule has 0 unspecified atom stereocenters. The Hall–Kier alpha value is -4.00. The van der Waals surface area contributed by atoms with Crippen LogP contribution in [0.25, 0.3) is 11.3 Å². The number of nitrogens with one attached hydrogen (secondary N) is 2. The van der Waals surface area contributed by atoms with Gasteiger partial charge in [0.25, 0.3) is 0 Å². The fourth-order valence-corrected chi connectivity index (χ4v) is 4.64. The first-order valence-corrected chi connectivity index (χ1v) is 13.9. The Morgan fingerprint density at radius 2 is 1.77 bits per heavy atom. The summed E-state index contributed by atoms with van der Waals surface area (Å²) in [6.45, 7) is 10.7. The zero-order valence-corrected chi connectivity index (χ0v) is 23.5. The van der Waals surface area contributed by atoms with Gasteiger partial charge in [0.2, 0.25) is 5.91 Å². The number of pyridine rings is 1. The molecule has 0 bridgehead atoms. The van der Waals surface area contributed by atoms with Crippen LogP contribution in [0.4, 0.5) is 11.6 Å². The monoisotopic (exact) mass is 524 g/mol. The van der Waals surface area contributed by atoms with Gasteiger partial charge in [0.15, 0.2) is 0 Å². The zero-order valence-electron chi connectivity index (χ0n) is 23.5. The molecule has 1 amide bonds. The molecule has 3 aromatic rings. The van der Waals surface area contributed by atoms with E-state index in [-0.39, 0.29) is 17.9 Å². The second-order valence-electron chi connectivity index (χ2n) is 10.6. The number of aryl methyl sites for hydroxylation is 1. The predicted octanol–water partition coefficient (Wildman–Crippen LogP) is 6.13. The van der Waals surface area contributed by atoms with E-state index in [2.05, 4.69) is 64.5 Å². The van der Waals surface area contributed by atoms with E-state index in [0.29, 0.717) is 5.92 Å². The van der Waals surface area contributed by atoms with Crippen molar-refractivity contribution in [1.29, 1.82) is 0 Å². The van der Waals surface area contributed by atoms with E-state index in [1.165, 1.54) is 5.56 Å². The summed E-state index contributed by atoms with van der Waals surface area (Å²) in [5, 5.41) is 6.61. The van der Waals surface area contributed by atoms with E-state index in [1.807, 2.05) is 61.8 Å². The highest BCUT2D eigenvalue weighted by Crippen LogP contribution is 2.26. The van der Waals surface area contributed by atoms with Crippen molar-refractivity contribution in [3.05, 3.63) is 90.4 Å². The predicted molar refractivity (Wildman–Crippen MR) is 159 cm³/mol. The van der Waals surface area contributed by atoms with Gasteiger partial charge >= 0.3 is 0 Å². The molecule has 7 heteroatoms. The third-order valence-electron chi connectivity index (χ3n) is 6.89. The first-order chi connectivity index (χ1) is 18.9. The van der Waals surface area contributed by atoms with Crippen molar-refractivity contribution in [1.82, 2.24) is 20.3 Å². The third kappa shape index (κ3) is 8.24. The number of nitrogens with zero attached hydrogens (tertiary/aromatic N) is 4. The van der Waals surface area contributed by atoms with Gasteiger partial charge in [-0.2, -0.15) is 0 Å². The molecule has 1 aromatic carbocycles. The van der Waals surface area contributed by atoms with Crippen molar-refractivity contribution in [3.63, 3.8) is 0 Å². The lowest BCUT2D eigenvalue weighted by molar-refractivity contribution is -0.125. The van der Waals surface area contributed by atoms with Crippen LogP contribution in [0.15, 0.2) is 79.3 Å². The average Bonchev–Trinajstić information content (AvgIpc) is 2.95. The standard InChI is InChI=1S/C32H40N6O/c1-23(2)21-35-32(39)27-13-17-38(18-14-27)31-11-8-15-33-22-24(3)19-29(37-31)28-12-16-34-30(20-28)36-25(4)26-9-6-5-7-10-26/h5-12,15-16,19-20,22-23,25,27H,13-14,17-18,21H2,1-4H3,(H,34,36)(H,35,39)/t25-/m1/s1. The zero-order chi connectivity index (χ0) is 27.6. The number of rotatable bonds is 8. The molecular formula is C32H40N6O. The maximum absolute atomic E-state index is 12.6. The largest absolute Gasteiger partial charge is 0.364 e. The van der Waals surface area contributed by atoms with Crippen molar-refractivity contribution in [2.45, 2.75) is 46.6 Å². The van der Waals surface area contributed by atoms with Crippen LogP contribution in [0.5, 0.6) is 0 Å². The van der Waals surface area contributed by atoms with Crippen LogP contribution < -0.4 is 15.5 Å². The van der Waals surface area contributed by atoms with Crippen molar-refractivity contribution >= 4 is 17.5 Å². The number of carbonyl (C=O) groups is 1. The van der Waals surface area contributed by atoms with Crippen molar-refractivity contribution < 1.29 is 4.79 Å². The normalized spacial score (nSPS) is 14.4. The molecule has 7 nitrogen and oxygen atoms in total. The van der Waals surface area contributed by atoms with Crippen LogP contribution in [0.3, 0.4) is 0 Å². The minimum atomic E-state index is 0.0475. The summed E-state index contributed by atoms with van der Waals surface area (Å²) < 4.78 is 0. The summed E-state index contributed by atoms with van der Waals surface area (Å²) in [6, 6.07) is 20.5. The Bertz CT molecular complexity index is 1290. The Morgan fingerprint density at radius 3 is 2.51 bits per heavy atom. The molecule has 4 rings (SSSR count). The number of anilines is 2. The SMILES string of the molecule is Cc1cncccc(N2CCC(C(=O)NCC(C)C)CC2)nc(-c2ccnc(N[C@H](C)c3ccccc3)c2)c1. The highest BCUT2D eigenvalue weighted by Gasteiger charge is 2.25. The van der Waals surface area contributed by atoms with Gasteiger partial charge in [0, 0.05) is 55.7 Å². The Labute approximate surface area is 232 Å². The second kappa shape index (κ2) is 13.7. The summed E-state index contributed by atoms with van der Waals surface area (Å²) in [6.07, 6.45) is 7.05. The van der Waals surface area contributed by atoms with Crippen LogP contribution in [0.2, 0.25) is 0 Å². The van der Waals surface area contributed by atoms with Crippen LogP contribution >= 0.6 is 0 Å². The smallest absolute Gasteiger partial charge is 0.223 e. The van der Waals surface area contributed by atoms with E-state index in [1.54, 1.807) is 6.20 Å². The van der Waals surface area contributed by atoms with Gasteiger partial charge in [0.05, 0.1) is 5.69 Å². The van der Waals surface area contributed by atoms with Gasteiger partial charge in [-0.05, 0) is 74.1 Å².